The number of benzene rings is 2. The Kier molecular flexibility index (Phi) is 5.94. The molecular weight excluding hydrogens is 318 g/mol. The van der Waals surface area contributed by atoms with Crippen LogP contribution in [-0.2, 0) is 11.2 Å². The lowest BCUT2D eigenvalue weighted by molar-refractivity contribution is -0.0246. The van der Waals surface area contributed by atoms with Crippen LogP contribution in [0.25, 0.3) is 0 Å². The Balaban J connectivity index is 1.57. The lowest BCUT2D eigenvalue weighted by Gasteiger charge is -2.33. The van der Waals surface area contributed by atoms with Crippen LogP contribution in [0.1, 0.15) is 22.3 Å². The molecule has 3 nitrogen and oxygen atoms in total. The van der Waals surface area contributed by atoms with Gasteiger partial charge < -0.3 is 9.64 Å². The third-order valence-electron chi connectivity index (χ3n) is 4.36. The molecule has 1 atom stereocenters. The minimum absolute atomic E-state index is 0.107. The number of morpholine rings is 1. The van der Waals surface area contributed by atoms with Crippen molar-refractivity contribution >= 4 is 17.7 Å². The number of nitrogens with zero attached hydrogens (tertiary/aromatic N) is 1. The van der Waals surface area contributed by atoms with Crippen molar-refractivity contribution in [3.8, 4) is 0 Å². The van der Waals surface area contributed by atoms with Crippen LogP contribution in [0.15, 0.2) is 59.5 Å². The first kappa shape index (κ1) is 17.1. The zero-order valence-electron chi connectivity index (χ0n) is 14.0. The van der Waals surface area contributed by atoms with E-state index in [4.69, 9.17) is 4.74 Å². The standard InChI is InChI=1S/C20H23NO2S/c1-24-19-11-8-17(9-12-19)20(22)21-13-14-23-18(15-21)10-7-16-5-3-2-4-6-16/h2-6,8-9,11-12,18H,7,10,13-15H2,1H3/t18-/m0/s1. The van der Waals surface area contributed by atoms with Gasteiger partial charge in [-0.25, -0.2) is 0 Å². The van der Waals surface area contributed by atoms with E-state index in [1.54, 1.807) is 11.8 Å². The fourth-order valence-corrected chi connectivity index (χ4v) is 3.38. The molecule has 0 aromatic heterocycles. The van der Waals surface area contributed by atoms with Gasteiger partial charge in [0.1, 0.15) is 0 Å². The maximum atomic E-state index is 12.7. The van der Waals surface area contributed by atoms with E-state index in [2.05, 4.69) is 24.3 Å². The minimum atomic E-state index is 0.107. The minimum Gasteiger partial charge on any atom is -0.375 e. The lowest BCUT2D eigenvalue weighted by Crippen LogP contribution is -2.45. The second-order valence-electron chi connectivity index (χ2n) is 6.00. The molecule has 0 unspecified atom stereocenters. The first-order valence-corrected chi connectivity index (χ1v) is 9.57. The van der Waals surface area contributed by atoms with Crippen LogP contribution in [-0.4, -0.2) is 42.9 Å². The summed E-state index contributed by atoms with van der Waals surface area (Å²) in [6.07, 6.45) is 4.08. The third-order valence-corrected chi connectivity index (χ3v) is 5.10. The van der Waals surface area contributed by atoms with Crippen LogP contribution in [0.2, 0.25) is 0 Å². The molecule has 4 heteroatoms. The molecule has 1 fully saturated rings. The summed E-state index contributed by atoms with van der Waals surface area (Å²) in [5.74, 6) is 0.107. The number of thioether (sulfide) groups is 1. The number of carbonyl (C=O) groups excluding carboxylic acids is 1. The topological polar surface area (TPSA) is 29.5 Å². The van der Waals surface area contributed by atoms with Gasteiger partial charge in [0.15, 0.2) is 0 Å². The van der Waals surface area contributed by atoms with E-state index in [0.29, 0.717) is 19.7 Å². The Morgan fingerprint density at radius 3 is 2.62 bits per heavy atom. The number of carbonyl (C=O) groups is 1. The number of amides is 1. The van der Waals surface area contributed by atoms with Gasteiger partial charge in [0.25, 0.3) is 5.91 Å². The predicted octanol–water partition coefficient (Wildman–Crippen LogP) is 3.88. The average molecular weight is 341 g/mol. The van der Waals surface area contributed by atoms with Gasteiger partial charge >= 0.3 is 0 Å². The van der Waals surface area contributed by atoms with Crippen molar-refractivity contribution in [1.82, 2.24) is 4.90 Å². The molecular formula is C20H23NO2S. The molecule has 0 spiro atoms. The van der Waals surface area contributed by atoms with Gasteiger partial charge in [0.05, 0.1) is 12.7 Å². The van der Waals surface area contributed by atoms with E-state index in [0.717, 1.165) is 18.4 Å². The molecule has 1 saturated heterocycles. The van der Waals surface area contributed by atoms with E-state index in [-0.39, 0.29) is 12.0 Å². The Labute approximate surface area is 148 Å². The zero-order valence-corrected chi connectivity index (χ0v) is 14.8. The van der Waals surface area contributed by atoms with E-state index < -0.39 is 0 Å². The van der Waals surface area contributed by atoms with Gasteiger partial charge in [-0.1, -0.05) is 30.3 Å². The van der Waals surface area contributed by atoms with Crippen molar-refractivity contribution in [2.75, 3.05) is 26.0 Å². The third kappa shape index (κ3) is 4.40. The first-order chi connectivity index (χ1) is 11.8. The van der Waals surface area contributed by atoms with Crippen LogP contribution >= 0.6 is 11.8 Å². The molecule has 24 heavy (non-hydrogen) atoms. The highest BCUT2D eigenvalue weighted by atomic mass is 32.2. The lowest BCUT2D eigenvalue weighted by atomic mass is 10.1. The number of aryl methyl sites for hydroxylation is 1. The second kappa shape index (κ2) is 8.36. The number of hydrogen-bond donors (Lipinski definition) is 0. The Morgan fingerprint density at radius 1 is 1.17 bits per heavy atom. The molecule has 126 valence electrons. The van der Waals surface area contributed by atoms with Gasteiger partial charge in [0.2, 0.25) is 0 Å². The SMILES string of the molecule is CSc1ccc(C(=O)N2CCO[C@@H](CCc3ccccc3)C2)cc1. The Morgan fingerprint density at radius 2 is 1.92 bits per heavy atom. The van der Waals surface area contributed by atoms with E-state index in [9.17, 15) is 4.79 Å². The quantitative estimate of drug-likeness (QED) is 0.773. The van der Waals surface area contributed by atoms with E-state index in [1.165, 1.54) is 10.5 Å². The van der Waals surface area contributed by atoms with Crippen LogP contribution in [0, 0.1) is 0 Å². The fraction of sp³-hybridized carbons (Fsp3) is 0.350. The summed E-state index contributed by atoms with van der Waals surface area (Å²) in [6, 6.07) is 18.3. The van der Waals surface area contributed by atoms with Crippen molar-refractivity contribution in [3.63, 3.8) is 0 Å². The molecule has 0 aliphatic carbocycles. The molecule has 1 amide bonds. The second-order valence-corrected chi connectivity index (χ2v) is 6.88. The summed E-state index contributed by atoms with van der Waals surface area (Å²) in [4.78, 5) is 15.8. The summed E-state index contributed by atoms with van der Waals surface area (Å²) < 4.78 is 5.86. The Bertz CT molecular complexity index is 657. The number of hydrogen-bond acceptors (Lipinski definition) is 3. The van der Waals surface area contributed by atoms with Gasteiger partial charge in [0, 0.05) is 23.5 Å². The summed E-state index contributed by atoms with van der Waals surface area (Å²) in [5, 5.41) is 0. The van der Waals surface area contributed by atoms with Gasteiger partial charge in [-0.15, -0.1) is 11.8 Å². The normalized spacial score (nSPS) is 17.7. The predicted molar refractivity (Wildman–Crippen MR) is 98.6 cm³/mol. The molecule has 0 N–H and O–H groups in total. The molecule has 0 radical (unpaired) electrons. The van der Waals surface area contributed by atoms with Gasteiger partial charge in [-0.2, -0.15) is 0 Å². The number of ether oxygens (including phenoxy) is 1. The largest absolute Gasteiger partial charge is 0.375 e. The monoisotopic (exact) mass is 341 g/mol. The molecule has 2 aromatic rings. The van der Waals surface area contributed by atoms with E-state index >= 15 is 0 Å². The average Bonchev–Trinajstić information content (AvgIpc) is 2.67. The summed E-state index contributed by atoms with van der Waals surface area (Å²) >= 11 is 1.68. The smallest absolute Gasteiger partial charge is 0.254 e. The highest BCUT2D eigenvalue weighted by Crippen LogP contribution is 2.18. The maximum absolute atomic E-state index is 12.7. The van der Waals surface area contributed by atoms with Crippen molar-refractivity contribution in [3.05, 3.63) is 65.7 Å². The van der Waals surface area contributed by atoms with E-state index in [1.807, 2.05) is 41.5 Å². The first-order valence-electron chi connectivity index (χ1n) is 8.35. The molecule has 3 rings (SSSR count). The Hall–Kier alpha value is -1.78. The van der Waals surface area contributed by atoms with Crippen molar-refractivity contribution in [2.45, 2.75) is 23.8 Å². The summed E-state index contributed by atoms with van der Waals surface area (Å²) in [7, 11) is 0. The van der Waals surface area contributed by atoms with Crippen molar-refractivity contribution < 1.29 is 9.53 Å². The van der Waals surface area contributed by atoms with Crippen LogP contribution in [0.4, 0.5) is 0 Å². The molecule has 1 heterocycles. The van der Waals surface area contributed by atoms with Crippen LogP contribution in [0.3, 0.4) is 0 Å². The molecule has 2 aromatic carbocycles. The van der Waals surface area contributed by atoms with Gasteiger partial charge in [-0.3, -0.25) is 4.79 Å². The molecule has 1 aliphatic heterocycles. The maximum Gasteiger partial charge on any atom is 0.254 e. The fourth-order valence-electron chi connectivity index (χ4n) is 2.97. The summed E-state index contributed by atoms with van der Waals surface area (Å²) in [5.41, 5.74) is 2.08. The van der Waals surface area contributed by atoms with Crippen LogP contribution in [0.5, 0.6) is 0 Å². The number of rotatable bonds is 5. The molecule has 0 bridgehead atoms. The highest BCUT2D eigenvalue weighted by Gasteiger charge is 2.24. The summed E-state index contributed by atoms with van der Waals surface area (Å²) in [6.45, 7) is 1.97. The molecule has 1 aliphatic rings. The van der Waals surface area contributed by atoms with Crippen LogP contribution < -0.4 is 0 Å². The highest BCUT2D eigenvalue weighted by molar-refractivity contribution is 7.98. The van der Waals surface area contributed by atoms with Gasteiger partial charge in [-0.05, 0) is 48.9 Å². The zero-order chi connectivity index (χ0) is 16.8. The van der Waals surface area contributed by atoms with Crippen molar-refractivity contribution in [2.24, 2.45) is 0 Å². The molecule has 0 saturated carbocycles. The van der Waals surface area contributed by atoms with Crippen molar-refractivity contribution in [1.29, 1.82) is 0 Å².